The summed E-state index contributed by atoms with van der Waals surface area (Å²) in [6.07, 6.45) is 2.93. The highest BCUT2D eigenvalue weighted by atomic mass is 16.6. The fourth-order valence-electron chi connectivity index (χ4n) is 3.16. The number of ether oxygens (including phenoxy) is 1. The number of aromatic nitrogens is 2. The summed E-state index contributed by atoms with van der Waals surface area (Å²) in [5, 5.41) is 2.90. The summed E-state index contributed by atoms with van der Waals surface area (Å²) < 4.78 is 7.40. The molecule has 1 saturated heterocycles. The van der Waals surface area contributed by atoms with Crippen molar-refractivity contribution in [2.24, 2.45) is 0 Å². The SMILES string of the molecule is Cc1cccc2nc(CNC(=O)[C@@H]3CCCN3C(=O)OC(C)(C)C)cn12. The van der Waals surface area contributed by atoms with Crippen molar-refractivity contribution in [2.45, 2.75) is 58.7 Å². The van der Waals surface area contributed by atoms with Crippen molar-refractivity contribution in [3.05, 3.63) is 35.8 Å². The number of hydrogen-bond donors (Lipinski definition) is 1. The minimum absolute atomic E-state index is 0.165. The van der Waals surface area contributed by atoms with E-state index in [0.29, 0.717) is 19.5 Å². The number of aryl methyl sites for hydroxylation is 1. The molecule has 3 heterocycles. The molecular weight excluding hydrogens is 332 g/mol. The topological polar surface area (TPSA) is 75.9 Å². The number of pyridine rings is 1. The molecule has 7 nitrogen and oxygen atoms in total. The summed E-state index contributed by atoms with van der Waals surface area (Å²) in [7, 11) is 0. The summed E-state index contributed by atoms with van der Waals surface area (Å²) >= 11 is 0. The van der Waals surface area contributed by atoms with Gasteiger partial charge in [0.05, 0.1) is 12.2 Å². The first-order valence-electron chi connectivity index (χ1n) is 8.95. The van der Waals surface area contributed by atoms with E-state index in [2.05, 4.69) is 10.3 Å². The number of nitrogens with one attached hydrogen (secondary N) is 1. The predicted molar refractivity (Wildman–Crippen MR) is 97.7 cm³/mol. The van der Waals surface area contributed by atoms with Gasteiger partial charge in [-0.1, -0.05) is 6.07 Å². The van der Waals surface area contributed by atoms with Crippen LogP contribution in [0.3, 0.4) is 0 Å². The van der Waals surface area contributed by atoms with Crippen LogP contribution in [0.15, 0.2) is 24.4 Å². The smallest absolute Gasteiger partial charge is 0.410 e. The monoisotopic (exact) mass is 358 g/mol. The minimum Gasteiger partial charge on any atom is -0.444 e. The molecule has 1 aliphatic heterocycles. The van der Waals surface area contributed by atoms with Crippen LogP contribution in [0.25, 0.3) is 5.65 Å². The molecule has 1 aliphatic rings. The van der Waals surface area contributed by atoms with Crippen LogP contribution in [0.4, 0.5) is 4.79 Å². The van der Waals surface area contributed by atoms with Gasteiger partial charge in [-0.2, -0.15) is 0 Å². The maximum absolute atomic E-state index is 12.6. The van der Waals surface area contributed by atoms with Gasteiger partial charge in [-0.25, -0.2) is 9.78 Å². The van der Waals surface area contributed by atoms with E-state index in [0.717, 1.165) is 23.5 Å². The Morgan fingerprint density at radius 3 is 2.81 bits per heavy atom. The zero-order chi connectivity index (χ0) is 18.9. The van der Waals surface area contributed by atoms with E-state index in [1.54, 1.807) is 0 Å². The first-order chi connectivity index (χ1) is 12.2. The Bertz CT molecular complexity index is 822. The number of likely N-dealkylation sites (tertiary alicyclic amines) is 1. The van der Waals surface area contributed by atoms with E-state index < -0.39 is 17.7 Å². The molecule has 0 bridgehead atoms. The van der Waals surface area contributed by atoms with Gasteiger partial charge < -0.3 is 14.5 Å². The number of carbonyl (C=O) groups is 2. The fraction of sp³-hybridized carbons (Fsp3) is 0.526. The van der Waals surface area contributed by atoms with Crippen molar-refractivity contribution in [3.8, 4) is 0 Å². The third-order valence-corrected chi connectivity index (χ3v) is 4.37. The number of imidazole rings is 1. The molecule has 0 spiro atoms. The van der Waals surface area contributed by atoms with Crippen molar-refractivity contribution in [1.29, 1.82) is 0 Å². The first kappa shape index (κ1) is 18.2. The van der Waals surface area contributed by atoms with Gasteiger partial charge >= 0.3 is 6.09 Å². The molecule has 2 aromatic heterocycles. The Morgan fingerprint density at radius 1 is 1.35 bits per heavy atom. The third-order valence-electron chi connectivity index (χ3n) is 4.37. The lowest BCUT2D eigenvalue weighted by Gasteiger charge is -2.27. The normalized spacial score (nSPS) is 17.5. The van der Waals surface area contributed by atoms with Crippen molar-refractivity contribution < 1.29 is 14.3 Å². The molecule has 140 valence electrons. The Labute approximate surface area is 153 Å². The standard InChI is InChI=1S/C19H26N4O3/c1-13-7-5-9-16-21-14(12-23(13)16)11-20-17(24)15-8-6-10-22(15)18(25)26-19(2,3)4/h5,7,9,12,15H,6,8,10-11H2,1-4H3,(H,20,24)/t15-/m0/s1. The maximum Gasteiger partial charge on any atom is 0.410 e. The molecule has 0 unspecified atom stereocenters. The molecule has 2 aromatic rings. The highest BCUT2D eigenvalue weighted by Gasteiger charge is 2.36. The lowest BCUT2D eigenvalue weighted by molar-refractivity contribution is -0.125. The van der Waals surface area contributed by atoms with Gasteiger partial charge in [0.2, 0.25) is 5.91 Å². The van der Waals surface area contributed by atoms with Crippen molar-refractivity contribution in [1.82, 2.24) is 19.6 Å². The summed E-state index contributed by atoms with van der Waals surface area (Å²) in [4.78, 5) is 30.9. The number of nitrogens with zero attached hydrogens (tertiary/aromatic N) is 3. The summed E-state index contributed by atoms with van der Waals surface area (Å²) in [5.74, 6) is -0.165. The van der Waals surface area contributed by atoms with E-state index in [9.17, 15) is 9.59 Å². The lowest BCUT2D eigenvalue weighted by atomic mass is 10.2. The summed E-state index contributed by atoms with van der Waals surface area (Å²) in [5.41, 5.74) is 2.15. The third kappa shape index (κ3) is 3.98. The van der Waals surface area contributed by atoms with E-state index in [4.69, 9.17) is 4.74 Å². The molecule has 0 radical (unpaired) electrons. The van der Waals surface area contributed by atoms with E-state index in [1.165, 1.54) is 4.90 Å². The average molecular weight is 358 g/mol. The molecule has 3 rings (SSSR count). The molecule has 7 heteroatoms. The van der Waals surface area contributed by atoms with Gasteiger partial charge in [0.1, 0.15) is 17.3 Å². The minimum atomic E-state index is -0.574. The Morgan fingerprint density at radius 2 is 2.12 bits per heavy atom. The van der Waals surface area contributed by atoms with E-state index in [-0.39, 0.29) is 5.91 Å². The van der Waals surface area contributed by atoms with Crippen LogP contribution in [-0.4, -0.2) is 44.5 Å². The van der Waals surface area contributed by atoms with Gasteiger partial charge in [0.15, 0.2) is 0 Å². The van der Waals surface area contributed by atoms with Gasteiger partial charge in [-0.15, -0.1) is 0 Å². The number of carbonyl (C=O) groups excluding carboxylic acids is 2. The largest absolute Gasteiger partial charge is 0.444 e. The zero-order valence-electron chi connectivity index (χ0n) is 15.8. The van der Waals surface area contributed by atoms with E-state index in [1.807, 2.05) is 56.5 Å². The van der Waals surface area contributed by atoms with Gasteiger partial charge in [-0.05, 0) is 52.7 Å². The second kappa shape index (κ2) is 6.97. The second-order valence-corrected chi connectivity index (χ2v) is 7.68. The van der Waals surface area contributed by atoms with Crippen LogP contribution in [-0.2, 0) is 16.1 Å². The Balaban J connectivity index is 1.63. The predicted octanol–water partition coefficient (Wildman–Crippen LogP) is 2.66. The molecular formula is C19H26N4O3. The Hall–Kier alpha value is -2.57. The van der Waals surface area contributed by atoms with Crippen molar-refractivity contribution >= 4 is 17.6 Å². The molecule has 0 saturated carbocycles. The van der Waals surface area contributed by atoms with Crippen LogP contribution in [0.5, 0.6) is 0 Å². The Kier molecular flexibility index (Phi) is 4.89. The van der Waals surface area contributed by atoms with Crippen LogP contribution in [0.1, 0.15) is 45.0 Å². The molecule has 1 fully saturated rings. The molecule has 2 amide bonds. The second-order valence-electron chi connectivity index (χ2n) is 7.68. The van der Waals surface area contributed by atoms with Crippen LogP contribution < -0.4 is 5.32 Å². The summed E-state index contributed by atoms with van der Waals surface area (Å²) in [6.45, 7) is 8.35. The van der Waals surface area contributed by atoms with Crippen LogP contribution in [0, 0.1) is 6.92 Å². The quantitative estimate of drug-likeness (QED) is 0.915. The molecule has 26 heavy (non-hydrogen) atoms. The maximum atomic E-state index is 12.6. The van der Waals surface area contributed by atoms with Gasteiger partial charge in [-0.3, -0.25) is 9.69 Å². The summed E-state index contributed by atoms with van der Waals surface area (Å²) in [6, 6.07) is 5.41. The molecule has 1 atom stereocenters. The van der Waals surface area contributed by atoms with Gasteiger partial charge in [0, 0.05) is 18.4 Å². The fourth-order valence-corrected chi connectivity index (χ4v) is 3.16. The van der Waals surface area contributed by atoms with Gasteiger partial charge in [0.25, 0.3) is 0 Å². The first-order valence-corrected chi connectivity index (χ1v) is 8.95. The van der Waals surface area contributed by atoms with E-state index >= 15 is 0 Å². The lowest BCUT2D eigenvalue weighted by Crippen LogP contribution is -2.47. The highest BCUT2D eigenvalue weighted by molar-refractivity contribution is 5.86. The molecule has 0 aromatic carbocycles. The van der Waals surface area contributed by atoms with Crippen molar-refractivity contribution in [2.75, 3.05) is 6.54 Å². The zero-order valence-corrected chi connectivity index (χ0v) is 15.8. The number of rotatable bonds is 3. The number of amides is 2. The molecule has 1 N–H and O–H groups in total. The van der Waals surface area contributed by atoms with Crippen molar-refractivity contribution in [3.63, 3.8) is 0 Å². The highest BCUT2D eigenvalue weighted by Crippen LogP contribution is 2.21. The molecule has 0 aliphatic carbocycles. The average Bonchev–Trinajstić information content (AvgIpc) is 3.18. The van der Waals surface area contributed by atoms with Crippen LogP contribution >= 0.6 is 0 Å². The number of hydrogen-bond acceptors (Lipinski definition) is 4. The van der Waals surface area contributed by atoms with Crippen LogP contribution in [0.2, 0.25) is 0 Å². The number of fused-ring (bicyclic) bond motifs is 1.